The average molecular weight is 215 g/mol. The van der Waals surface area contributed by atoms with Crippen LogP contribution in [0.4, 0.5) is 0 Å². The minimum Gasteiger partial charge on any atom is -2.00 e. The van der Waals surface area contributed by atoms with E-state index in [1.807, 2.05) is 0 Å². The van der Waals surface area contributed by atoms with Crippen molar-refractivity contribution in [2.45, 2.75) is 0 Å². The number of rotatable bonds is 0. The molecule has 0 N–H and O–H groups in total. The molecule has 0 atom stereocenters. The van der Waals surface area contributed by atoms with Crippen molar-refractivity contribution in [2.75, 3.05) is 0 Å². The topological polar surface area (TPSA) is 85.5 Å². The van der Waals surface area contributed by atoms with Crippen LogP contribution in [0.15, 0.2) is 0 Å². The van der Waals surface area contributed by atoms with Crippen LogP contribution in [0.25, 0.3) is 0 Å². The molecule has 0 amide bonds. The van der Waals surface area contributed by atoms with Gasteiger partial charge in [0.1, 0.15) is 0 Å². The maximum atomic E-state index is 0. The van der Waals surface area contributed by atoms with E-state index >= 15 is 0 Å². The van der Waals surface area contributed by atoms with Gasteiger partial charge in [-0.2, -0.15) is 0 Å². The van der Waals surface area contributed by atoms with E-state index in [1.165, 1.54) is 0 Å². The molecule has 3 nitrogen and oxygen atoms in total. The van der Waals surface area contributed by atoms with Crippen molar-refractivity contribution in [1.82, 2.24) is 0 Å². The monoisotopic (exact) mass is 215 g/mol. The van der Waals surface area contributed by atoms with Crippen LogP contribution in [0, 0.1) is 41.7 Å². The van der Waals surface area contributed by atoms with Crippen LogP contribution in [-0.2, 0) is 16.4 Å². The van der Waals surface area contributed by atoms with Crippen LogP contribution in [0.1, 0.15) is 0 Å². The van der Waals surface area contributed by atoms with Crippen LogP contribution in [-0.4, -0.2) is 17.4 Å². The molecule has 0 saturated heterocycles. The van der Waals surface area contributed by atoms with Crippen LogP contribution in [0.5, 0.6) is 0 Å². The van der Waals surface area contributed by atoms with Crippen molar-refractivity contribution in [1.29, 1.82) is 0 Å². The van der Waals surface area contributed by atoms with Crippen molar-refractivity contribution in [3.8, 4) is 0 Å². The van der Waals surface area contributed by atoms with E-state index in [0.717, 1.165) is 0 Å². The van der Waals surface area contributed by atoms with Gasteiger partial charge in [-0.15, -0.1) is 0 Å². The fraction of sp³-hybridized carbons (Fsp3) is 0. The summed E-state index contributed by atoms with van der Waals surface area (Å²) in [5, 5.41) is 0. The molecule has 0 aliphatic heterocycles. The molecule has 1 radical (unpaired) electrons. The Balaban J connectivity index is 0. The predicted octanol–water partition coefficient (Wildman–Crippen LogP) is -0.737. The molecule has 0 unspecified atom stereocenters. The molecule has 0 saturated carbocycles. The summed E-state index contributed by atoms with van der Waals surface area (Å²) in [6, 6.07) is 0. The summed E-state index contributed by atoms with van der Waals surface area (Å²) in [5.41, 5.74) is 0. The average Bonchev–Trinajstić information content (AvgIpc) is 0. The third kappa shape index (κ3) is 26.0. The Morgan fingerprint density at radius 3 is 0.600 bits per heavy atom. The van der Waals surface area contributed by atoms with Crippen molar-refractivity contribution in [3.05, 3.63) is 0 Å². The summed E-state index contributed by atoms with van der Waals surface area (Å²) in [5.74, 6) is 0. The third-order valence-corrected chi connectivity index (χ3v) is 0. The summed E-state index contributed by atoms with van der Waals surface area (Å²) >= 11 is 0. The molecule has 5 heavy (non-hydrogen) atoms. The van der Waals surface area contributed by atoms with Gasteiger partial charge >= 0.3 is 59.1 Å². The molecule has 0 aliphatic carbocycles. The molecule has 0 aromatic carbocycles. The van der Waals surface area contributed by atoms with Crippen molar-refractivity contribution >= 4 is 17.4 Å². The zero-order valence-electron chi connectivity index (χ0n) is 2.30. The smallest absolute Gasteiger partial charge is 2.00 e. The first-order chi connectivity index (χ1) is 0. The Morgan fingerprint density at radius 2 is 0.600 bits per heavy atom. The van der Waals surface area contributed by atoms with Crippen molar-refractivity contribution in [3.63, 3.8) is 0 Å². The van der Waals surface area contributed by atoms with Crippen LogP contribution in [0.2, 0.25) is 0 Å². The van der Waals surface area contributed by atoms with Gasteiger partial charge in [0.05, 0.1) is 0 Å². The minimum atomic E-state index is 0. The van der Waals surface area contributed by atoms with Crippen LogP contribution >= 0.6 is 0 Å². The molecule has 0 aromatic rings. The fourth-order valence-corrected chi connectivity index (χ4v) is 0. The third-order valence-electron chi connectivity index (χ3n) is 0. The molecule has 0 bridgehead atoms. The van der Waals surface area contributed by atoms with Gasteiger partial charge in [-0.05, 0) is 0 Å². The van der Waals surface area contributed by atoms with E-state index in [9.17, 15) is 0 Å². The van der Waals surface area contributed by atoms with E-state index in [0.29, 0.717) is 0 Å². The number of hydrogen-bond donors (Lipinski definition) is 0. The van der Waals surface area contributed by atoms with Gasteiger partial charge in [0.25, 0.3) is 0 Å². The van der Waals surface area contributed by atoms with Crippen LogP contribution < -0.4 is 0 Å². The molecule has 0 aliphatic rings. The summed E-state index contributed by atoms with van der Waals surface area (Å²) < 4.78 is 0. The van der Waals surface area contributed by atoms with Crippen molar-refractivity contribution in [2.24, 2.45) is 0 Å². The summed E-state index contributed by atoms with van der Waals surface area (Å²) in [6.45, 7) is 0. The molecule has 0 heterocycles. The molecule has 0 spiro atoms. The van der Waals surface area contributed by atoms with Gasteiger partial charge in [0, 0.05) is 0 Å². The normalized spacial score (nSPS) is 0. The zero-order chi connectivity index (χ0) is 0. The molecule has 0 aromatic heterocycles. The first kappa shape index (κ1) is 71.1. The molecule has 5 heteroatoms. The standard InChI is InChI=1S/Al.Ce.3O/q2*+3;3*-2. The van der Waals surface area contributed by atoms with Crippen LogP contribution in [0.3, 0.4) is 0 Å². The van der Waals surface area contributed by atoms with Gasteiger partial charge in [-0.1, -0.05) is 0 Å². The largest absolute Gasteiger partial charge is 3.00 e. The Kier molecular flexibility index (Phi) is 590. The first-order valence-electron chi connectivity index (χ1n) is 0. The quantitative estimate of drug-likeness (QED) is 0.477. The van der Waals surface area contributed by atoms with Gasteiger partial charge in [-0.3, -0.25) is 0 Å². The molecular formula is AlCeO3. The van der Waals surface area contributed by atoms with E-state index in [2.05, 4.69) is 0 Å². The first-order valence-corrected chi connectivity index (χ1v) is 0. The maximum absolute atomic E-state index is 0. The van der Waals surface area contributed by atoms with Gasteiger partial charge in [-0.25, -0.2) is 0 Å². The Morgan fingerprint density at radius 1 is 0.600 bits per heavy atom. The second-order valence-corrected chi connectivity index (χ2v) is 0. The summed E-state index contributed by atoms with van der Waals surface area (Å²) in [4.78, 5) is 0. The van der Waals surface area contributed by atoms with E-state index in [4.69, 9.17) is 0 Å². The van der Waals surface area contributed by atoms with E-state index in [1.54, 1.807) is 0 Å². The second kappa shape index (κ2) is 41.5. The van der Waals surface area contributed by atoms with Crippen molar-refractivity contribution < 1.29 is 58.2 Å². The summed E-state index contributed by atoms with van der Waals surface area (Å²) in [7, 11) is 0. The molecule has 0 rings (SSSR count). The number of hydrogen-bond acceptors (Lipinski definition) is 0. The Bertz CT molecular complexity index is 6.85. The maximum Gasteiger partial charge on any atom is 3.00 e. The summed E-state index contributed by atoms with van der Waals surface area (Å²) in [6.07, 6.45) is 0. The fourth-order valence-electron chi connectivity index (χ4n) is 0. The minimum absolute atomic E-state index is 0. The Labute approximate surface area is 74.6 Å². The Hall–Kier alpha value is 1.79. The van der Waals surface area contributed by atoms with Gasteiger partial charge < -0.3 is 16.4 Å². The second-order valence-electron chi connectivity index (χ2n) is 0. The van der Waals surface area contributed by atoms with E-state index < -0.39 is 0 Å². The predicted molar refractivity (Wildman–Crippen MR) is 7.81 cm³/mol. The molecule has 0 fully saturated rings. The molecular weight excluding hydrogens is 215 g/mol. The zero-order valence-corrected chi connectivity index (χ0v) is 6.60. The SMILES string of the molecule is [Al+3].[Ce+3].[O-2].[O-2].[O-2]. The van der Waals surface area contributed by atoms with Gasteiger partial charge in [0.2, 0.25) is 0 Å². The molecule has 25 valence electrons. The van der Waals surface area contributed by atoms with Gasteiger partial charge in [0.15, 0.2) is 0 Å². The van der Waals surface area contributed by atoms with E-state index in [-0.39, 0.29) is 75.5 Å².